The molecule has 1 saturated carbocycles. The lowest BCUT2D eigenvalue weighted by Gasteiger charge is -2.17. The second-order valence-electron chi connectivity index (χ2n) is 5.98. The summed E-state index contributed by atoms with van der Waals surface area (Å²) in [6.07, 6.45) is 2.57. The Balaban J connectivity index is 1.45. The van der Waals surface area contributed by atoms with Crippen LogP contribution in [-0.4, -0.2) is 10.1 Å². The molecule has 4 nitrogen and oxygen atoms in total. The van der Waals surface area contributed by atoms with Crippen LogP contribution in [0.3, 0.4) is 0 Å². The SMILES string of the molecule is c1ccc(-c2noc(CN[C@@H](c3ccccc3)C3CC3)n2)cc1. The predicted molar refractivity (Wildman–Crippen MR) is 88.5 cm³/mol. The van der Waals surface area contributed by atoms with Crippen molar-refractivity contribution in [1.29, 1.82) is 0 Å². The molecule has 0 radical (unpaired) electrons. The Kier molecular flexibility index (Phi) is 3.90. The van der Waals surface area contributed by atoms with Gasteiger partial charge in [0.2, 0.25) is 11.7 Å². The summed E-state index contributed by atoms with van der Waals surface area (Å²) < 4.78 is 5.38. The number of nitrogens with zero attached hydrogens (tertiary/aromatic N) is 2. The highest BCUT2D eigenvalue weighted by atomic mass is 16.5. The normalized spacial score (nSPS) is 15.5. The van der Waals surface area contributed by atoms with E-state index in [0.29, 0.717) is 30.2 Å². The van der Waals surface area contributed by atoms with Crippen molar-refractivity contribution < 1.29 is 4.52 Å². The molecule has 0 spiro atoms. The minimum Gasteiger partial charge on any atom is -0.338 e. The van der Waals surface area contributed by atoms with Gasteiger partial charge in [-0.25, -0.2) is 0 Å². The van der Waals surface area contributed by atoms with Crippen LogP contribution in [0, 0.1) is 5.92 Å². The van der Waals surface area contributed by atoms with Crippen LogP contribution in [0.25, 0.3) is 11.4 Å². The number of nitrogens with one attached hydrogen (secondary N) is 1. The number of rotatable bonds is 6. The summed E-state index contributed by atoms with van der Waals surface area (Å²) >= 11 is 0. The van der Waals surface area contributed by atoms with E-state index in [2.05, 4.69) is 45.8 Å². The molecule has 0 unspecified atom stereocenters. The van der Waals surface area contributed by atoms with Gasteiger partial charge in [0.05, 0.1) is 6.54 Å². The van der Waals surface area contributed by atoms with E-state index in [1.54, 1.807) is 0 Å². The molecule has 1 aliphatic rings. The number of aromatic nitrogens is 2. The summed E-state index contributed by atoms with van der Waals surface area (Å²) in [5.74, 6) is 1.99. The first-order chi connectivity index (χ1) is 11.4. The van der Waals surface area contributed by atoms with Gasteiger partial charge in [-0.3, -0.25) is 0 Å². The van der Waals surface area contributed by atoms with Crippen LogP contribution >= 0.6 is 0 Å². The number of benzene rings is 2. The van der Waals surface area contributed by atoms with Crippen molar-refractivity contribution in [2.75, 3.05) is 0 Å². The molecule has 1 aliphatic carbocycles. The smallest absolute Gasteiger partial charge is 0.240 e. The maximum atomic E-state index is 5.38. The molecule has 0 bridgehead atoms. The highest BCUT2D eigenvalue weighted by Crippen LogP contribution is 2.41. The largest absolute Gasteiger partial charge is 0.338 e. The second-order valence-corrected chi connectivity index (χ2v) is 5.98. The average Bonchev–Trinajstić information content (AvgIpc) is 3.34. The van der Waals surface area contributed by atoms with E-state index < -0.39 is 0 Å². The average molecular weight is 305 g/mol. The molecule has 1 atom stereocenters. The lowest BCUT2D eigenvalue weighted by molar-refractivity contribution is 0.351. The molecule has 23 heavy (non-hydrogen) atoms. The third-order valence-electron chi connectivity index (χ3n) is 4.23. The Hall–Kier alpha value is -2.46. The van der Waals surface area contributed by atoms with Crippen molar-refractivity contribution in [2.45, 2.75) is 25.4 Å². The molecule has 0 amide bonds. The van der Waals surface area contributed by atoms with E-state index in [4.69, 9.17) is 4.52 Å². The molecule has 3 aromatic rings. The van der Waals surface area contributed by atoms with Crippen LogP contribution in [0.15, 0.2) is 65.2 Å². The molecule has 1 heterocycles. The van der Waals surface area contributed by atoms with E-state index in [-0.39, 0.29) is 0 Å². The van der Waals surface area contributed by atoms with Gasteiger partial charge in [-0.15, -0.1) is 0 Å². The van der Waals surface area contributed by atoms with Crippen molar-refractivity contribution in [1.82, 2.24) is 15.5 Å². The van der Waals surface area contributed by atoms with E-state index in [0.717, 1.165) is 5.56 Å². The summed E-state index contributed by atoms with van der Waals surface area (Å²) in [5.41, 5.74) is 2.31. The first-order valence-corrected chi connectivity index (χ1v) is 8.06. The van der Waals surface area contributed by atoms with E-state index in [9.17, 15) is 0 Å². The Morgan fingerprint density at radius 2 is 1.70 bits per heavy atom. The first-order valence-electron chi connectivity index (χ1n) is 8.06. The highest BCUT2D eigenvalue weighted by Gasteiger charge is 2.32. The molecule has 1 aromatic heterocycles. The molecule has 1 fully saturated rings. The fourth-order valence-electron chi connectivity index (χ4n) is 2.88. The molecular weight excluding hydrogens is 286 g/mol. The Labute approximate surface area is 135 Å². The van der Waals surface area contributed by atoms with Crippen molar-refractivity contribution in [3.63, 3.8) is 0 Å². The van der Waals surface area contributed by atoms with Gasteiger partial charge in [0.15, 0.2) is 0 Å². The summed E-state index contributed by atoms with van der Waals surface area (Å²) in [4.78, 5) is 4.49. The molecule has 2 aromatic carbocycles. The zero-order valence-corrected chi connectivity index (χ0v) is 12.9. The van der Waals surface area contributed by atoms with Gasteiger partial charge in [0.1, 0.15) is 0 Å². The van der Waals surface area contributed by atoms with Crippen molar-refractivity contribution >= 4 is 0 Å². The van der Waals surface area contributed by atoms with Crippen molar-refractivity contribution in [2.24, 2.45) is 5.92 Å². The van der Waals surface area contributed by atoms with Gasteiger partial charge in [0.25, 0.3) is 0 Å². The zero-order chi connectivity index (χ0) is 15.5. The van der Waals surface area contributed by atoms with Crippen LogP contribution in [0.5, 0.6) is 0 Å². The standard InChI is InChI=1S/C19H19N3O/c1-3-7-14(8-4-1)18(15-11-12-15)20-13-17-21-19(22-23-17)16-9-5-2-6-10-16/h1-10,15,18,20H,11-13H2/t18-/m0/s1. The maximum Gasteiger partial charge on any atom is 0.240 e. The van der Waals surface area contributed by atoms with Gasteiger partial charge >= 0.3 is 0 Å². The van der Waals surface area contributed by atoms with E-state index in [1.165, 1.54) is 18.4 Å². The minimum atomic E-state index is 0.364. The number of hydrogen-bond donors (Lipinski definition) is 1. The monoisotopic (exact) mass is 305 g/mol. The van der Waals surface area contributed by atoms with Crippen LogP contribution in [0.2, 0.25) is 0 Å². The molecular formula is C19H19N3O. The van der Waals surface area contributed by atoms with Crippen molar-refractivity contribution in [3.8, 4) is 11.4 Å². The van der Waals surface area contributed by atoms with Crippen LogP contribution in [0.1, 0.15) is 30.3 Å². The minimum absolute atomic E-state index is 0.364. The molecule has 4 heteroatoms. The summed E-state index contributed by atoms with van der Waals surface area (Å²) in [6, 6.07) is 20.9. The lowest BCUT2D eigenvalue weighted by atomic mass is 10.0. The first kappa shape index (κ1) is 14.2. The molecule has 116 valence electrons. The van der Waals surface area contributed by atoms with Gasteiger partial charge in [-0.1, -0.05) is 65.8 Å². The van der Waals surface area contributed by atoms with Gasteiger partial charge in [-0.2, -0.15) is 4.98 Å². The van der Waals surface area contributed by atoms with Gasteiger partial charge < -0.3 is 9.84 Å². The Bertz CT molecular complexity index is 751. The fourth-order valence-corrected chi connectivity index (χ4v) is 2.88. The van der Waals surface area contributed by atoms with Crippen LogP contribution < -0.4 is 5.32 Å². The fraction of sp³-hybridized carbons (Fsp3) is 0.263. The van der Waals surface area contributed by atoms with Crippen molar-refractivity contribution in [3.05, 3.63) is 72.1 Å². The lowest BCUT2D eigenvalue weighted by Crippen LogP contribution is -2.22. The van der Waals surface area contributed by atoms with Gasteiger partial charge in [0, 0.05) is 11.6 Å². The third kappa shape index (κ3) is 3.32. The topological polar surface area (TPSA) is 51.0 Å². The number of hydrogen-bond acceptors (Lipinski definition) is 4. The molecule has 0 aliphatic heterocycles. The molecule has 4 rings (SSSR count). The summed E-state index contributed by atoms with van der Waals surface area (Å²) in [6.45, 7) is 0.593. The molecule has 1 N–H and O–H groups in total. The highest BCUT2D eigenvalue weighted by molar-refractivity contribution is 5.53. The van der Waals surface area contributed by atoms with Crippen LogP contribution in [0.4, 0.5) is 0 Å². The third-order valence-corrected chi connectivity index (χ3v) is 4.23. The van der Waals surface area contributed by atoms with Gasteiger partial charge in [-0.05, 0) is 24.3 Å². The predicted octanol–water partition coefficient (Wildman–Crippen LogP) is 3.98. The second kappa shape index (κ2) is 6.34. The Morgan fingerprint density at radius 3 is 2.39 bits per heavy atom. The van der Waals surface area contributed by atoms with E-state index >= 15 is 0 Å². The quantitative estimate of drug-likeness (QED) is 0.748. The maximum absolute atomic E-state index is 5.38. The Morgan fingerprint density at radius 1 is 1.00 bits per heavy atom. The summed E-state index contributed by atoms with van der Waals surface area (Å²) in [7, 11) is 0. The van der Waals surface area contributed by atoms with E-state index in [1.807, 2.05) is 30.3 Å². The summed E-state index contributed by atoms with van der Waals surface area (Å²) in [5, 5.41) is 7.65. The van der Waals surface area contributed by atoms with Crippen LogP contribution in [-0.2, 0) is 6.54 Å². The molecule has 0 saturated heterocycles. The zero-order valence-electron chi connectivity index (χ0n) is 12.9.